The molecule has 1 aliphatic rings. The maximum absolute atomic E-state index is 5.44. The van der Waals surface area contributed by atoms with Crippen LogP contribution in [0.2, 0.25) is 0 Å². The van der Waals surface area contributed by atoms with Crippen molar-refractivity contribution in [1.29, 1.82) is 0 Å². The van der Waals surface area contributed by atoms with E-state index in [0.717, 1.165) is 81.3 Å². The summed E-state index contributed by atoms with van der Waals surface area (Å²) in [5.74, 6) is 3.43. The third kappa shape index (κ3) is 7.89. The summed E-state index contributed by atoms with van der Waals surface area (Å²) in [7, 11) is 3.67. The summed E-state index contributed by atoms with van der Waals surface area (Å²) in [6, 6.07) is 6.34. The lowest BCUT2D eigenvalue weighted by Gasteiger charge is -2.26. The number of hydrogen-bond donors (Lipinski definition) is 2. The fourth-order valence-corrected chi connectivity index (χ4v) is 3.42. The molecule has 0 atom stereocenters. The maximum atomic E-state index is 5.44. The standard InChI is InChI=1S/C22H35N7O2.HI/c1-17-5-6-19(15-20(17)30-4)7-8-23-22(24-9-10-29-11-13-31-14-12-29)25-16-21-27-26-18(2)28(21)3;/h5-6,15H,7-14,16H2,1-4H3,(H2,23,24,25);1H. The Balaban J connectivity index is 0.00000363. The normalized spacial score (nSPS) is 14.7. The van der Waals surface area contributed by atoms with Gasteiger partial charge in [0.05, 0.1) is 20.3 Å². The summed E-state index contributed by atoms with van der Waals surface area (Å²) in [4.78, 5) is 7.13. The summed E-state index contributed by atoms with van der Waals surface area (Å²) in [6.45, 7) is 10.6. The second-order valence-corrected chi connectivity index (χ2v) is 7.75. The van der Waals surface area contributed by atoms with Crippen LogP contribution in [0, 0.1) is 13.8 Å². The summed E-state index contributed by atoms with van der Waals surface area (Å²) in [6.07, 6.45) is 0.879. The van der Waals surface area contributed by atoms with Crippen molar-refractivity contribution in [3.8, 4) is 5.75 Å². The Hall–Kier alpha value is -1.92. The Morgan fingerprint density at radius 1 is 1.16 bits per heavy atom. The summed E-state index contributed by atoms with van der Waals surface area (Å²) >= 11 is 0. The van der Waals surface area contributed by atoms with Crippen molar-refractivity contribution in [3.05, 3.63) is 41.0 Å². The quantitative estimate of drug-likeness (QED) is 0.276. The van der Waals surface area contributed by atoms with Gasteiger partial charge in [0.25, 0.3) is 0 Å². The molecule has 2 heterocycles. The average Bonchev–Trinajstić information content (AvgIpc) is 3.11. The van der Waals surface area contributed by atoms with E-state index in [2.05, 4.69) is 50.9 Å². The van der Waals surface area contributed by atoms with E-state index in [0.29, 0.717) is 6.54 Å². The number of nitrogens with zero attached hydrogens (tertiary/aromatic N) is 5. The van der Waals surface area contributed by atoms with E-state index in [4.69, 9.17) is 14.5 Å². The summed E-state index contributed by atoms with van der Waals surface area (Å²) in [5.41, 5.74) is 2.37. The topological polar surface area (TPSA) is 88.8 Å². The number of aromatic nitrogens is 3. The summed E-state index contributed by atoms with van der Waals surface area (Å²) < 4.78 is 12.8. The molecule has 1 aliphatic heterocycles. The van der Waals surface area contributed by atoms with Gasteiger partial charge in [-0.3, -0.25) is 4.90 Å². The first kappa shape index (κ1) is 26.3. The van der Waals surface area contributed by atoms with Crippen LogP contribution >= 0.6 is 24.0 Å². The van der Waals surface area contributed by atoms with Gasteiger partial charge in [-0.1, -0.05) is 12.1 Å². The first-order valence-electron chi connectivity index (χ1n) is 10.9. The third-order valence-corrected chi connectivity index (χ3v) is 5.56. The maximum Gasteiger partial charge on any atom is 0.191 e. The highest BCUT2D eigenvalue weighted by molar-refractivity contribution is 14.0. The lowest BCUT2D eigenvalue weighted by atomic mass is 10.1. The zero-order valence-electron chi connectivity index (χ0n) is 19.6. The molecule has 0 bridgehead atoms. The number of halogens is 1. The van der Waals surface area contributed by atoms with E-state index in [9.17, 15) is 0 Å². The number of rotatable bonds is 9. The largest absolute Gasteiger partial charge is 0.496 e. The number of guanidine groups is 1. The molecule has 178 valence electrons. The predicted octanol–water partition coefficient (Wildman–Crippen LogP) is 1.67. The van der Waals surface area contributed by atoms with E-state index in [1.165, 1.54) is 5.56 Å². The van der Waals surface area contributed by atoms with E-state index < -0.39 is 0 Å². The fourth-order valence-electron chi connectivity index (χ4n) is 3.42. The Labute approximate surface area is 208 Å². The molecule has 2 N–H and O–H groups in total. The van der Waals surface area contributed by atoms with Gasteiger partial charge in [-0.2, -0.15) is 0 Å². The van der Waals surface area contributed by atoms with Crippen LogP contribution in [-0.4, -0.2) is 78.7 Å². The van der Waals surface area contributed by atoms with Crippen molar-refractivity contribution in [2.45, 2.75) is 26.8 Å². The van der Waals surface area contributed by atoms with Gasteiger partial charge < -0.3 is 24.7 Å². The molecule has 0 spiro atoms. The SMILES string of the molecule is COc1cc(CCNC(=NCc2nnc(C)n2C)NCCN2CCOCC2)ccc1C.I. The molecule has 10 heteroatoms. The third-order valence-electron chi connectivity index (χ3n) is 5.56. The Morgan fingerprint density at radius 2 is 1.91 bits per heavy atom. The number of aliphatic imine (C=N–C) groups is 1. The van der Waals surface area contributed by atoms with Gasteiger partial charge in [-0.25, -0.2) is 4.99 Å². The van der Waals surface area contributed by atoms with Crippen molar-refractivity contribution in [3.63, 3.8) is 0 Å². The molecular weight excluding hydrogens is 521 g/mol. The minimum Gasteiger partial charge on any atom is -0.496 e. The first-order chi connectivity index (χ1) is 15.1. The Kier molecular flexibility index (Phi) is 11.2. The van der Waals surface area contributed by atoms with Crippen LogP contribution in [0.5, 0.6) is 5.75 Å². The minimum atomic E-state index is 0. The molecule has 2 aromatic rings. The van der Waals surface area contributed by atoms with Crippen LogP contribution in [0.25, 0.3) is 0 Å². The second kappa shape index (κ2) is 13.6. The lowest BCUT2D eigenvalue weighted by Crippen LogP contribution is -2.44. The second-order valence-electron chi connectivity index (χ2n) is 7.75. The van der Waals surface area contributed by atoms with Crippen molar-refractivity contribution >= 4 is 29.9 Å². The average molecular weight is 557 g/mol. The lowest BCUT2D eigenvalue weighted by molar-refractivity contribution is 0.0389. The van der Waals surface area contributed by atoms with Crippen molar-refractivity contribution in [2.24, 2.45) is 12.0 Å². The number of nitrogens with one attached hydrogen (secondary N) is 2. The molecule has 1 aromatic carbocycles. The van der Waals surface area contributed by atoms with Crippen molar-refractivity contribution < 1.29 is 9.47 Å². The molecule has 0 radical (unpaired) electrons. The minimum absolute atomic E-state index is 0. The van der Waals surface area contributed by atoms with Gasteiger partial charge in [0.2, 0.25) is 0 Å². The van der Waals surface area contributed by atoms with Crippen LogP contribution < -0.4 is 15.4 Å². The van der Waals surface area contributed by atoms with Gasteiger partial charge in [-0.15, -0.1) is 34.2 Å². The number of hydrogen-bond acceptors (Lipinski definition) is 6. The first-order valence-corrected chi connectivity index (χ1v) is 10.9. The van der Waals surface area contributed by atoms with Crippen molar-refractivity contribution in [2.75, 3.05) is 53.0 Å². The number of morpholine rings is 1. The molecule has 0 amide bonds. The molecule has 32 heavy (non-hydrogen) atoms. The molecule has 0 saturated carbocycles. The highest BCUT2D eigenvalue weighted by atomic mass is 127. The van der Waals surface area contributed by atoms with Crippen LogP contribution in [0.1, 0.15) is 22.8 Å². The van der Waals surface area contributed by atoms with Crippen LogP contribution in [-0.2, 0) is 24.8 Å². The van der Waals surface area contributed by atoms with E-state index in [1.54, 1.807) is 7.11 Å². The van der Waals surface area contributed by atoms with E-state index in [1.807, 2.05) is 18.5 Å². The molecule has 0 aliphatic carbocycles. The van der Waals surface area contributed by atoms with Gasteiger partial charge in [-0.05, 0) is 37.5 Å². The van der Waals surface area contributed by atoms with Crippen molar-refractivity contribution in [1.82, 2.24) is 30.3 Å². The van der Waals surface area contributed by atoms with Gasteiger partial charge >= 0.3 is 0 Å². The molecule has 0 unspecified atom stereocenters. The fraction of sp³-hybridized carbons (Fsp3) is 0.591. The summed E-state index contributed by atoms with van der Waals surface area (Å²) in [5, 5.41) is 15.2. The highest BCUT2D eigenvalue weighted by Crippen LogP contribution is 2.19. The Bertz CT molecular complexity index is 866. The smallest absolute Gasteiger partial charge is 0.191 e. The van der Waals surface area contributed by atoms with Crippen LogP contribution in [0.4, 0.5) is 0 Å². The number of ether oxygens (including phenoxy) is 2. The van der Waals surface area contributed by atoms with Gasteiger partial charge in [0.1, 0.15) is 18.1 Å². The van der Waals surface area contributed by atoms with Crippen LogP contribution in [0.15, 0.2) is 23.2 Å². The molecule has 3 rings (SSSR count). The monoisotopic (exact) mass is 557 g/mol. The highest BCUT2D eigenvalue weighted by Gasteiger charge is 2.10. The molecule has 1 saturated heterocycles. The van der Waals surface area contributed by atoms with E-state index in [-0.39, 0.29) is 24.0 Å². The van der Waals surface area contributed by atoms with Gasteiger partial charge in [0, 0.05) is 39.8 Å². The zero-order valence-corrected chi connectivity index (χ0v) is 21.9. The number of aryl methyl sites for hydroxylation is 2. The van der Waals surface area contributed by atoms with E-state index >= 15 is 0 Å². The molecule has 1 aromatic heterocycles. The van der Waals surface area contributed by atoms with Gasteiger partial charge in [0.15, 0.2) is 11.8 Å². The Morgan fingerprint density at radius 3 is 2.59 bits per heavy atom. The number of benzene rings is 1. The molecule has 1 fully saturated rings. The molecular formula is C22H36IN7O2. The predicted molar refractivity (Wildman–Crippen MR) is 137 cm³/mol. The van der Waals surface area contributed by atoms with Crippen LogP contribution in [0.3, 0.4) is 0 Å². The number of methoxy groups -OCH3 is 1. The molecule has 9 nitrogen and oxygen atoms in total. The zero-order chi connectivity index (χ0) is 22.1.